The molecule has 1 atom stereocenters. The minimum absolute atomic E-state index is 0.0695. The number of anilines is 1. The summed E-state index contributed by atoms with van der Waals surface area (Å²) in [6.07, 6.45) is 2.93. The van der Waals surface area contributed by atoms with E-state index in [0.717, 1.165) is 17.2 Å². The monoisotopic (exact) mass is 335 g/mol. The van der Waals surface area contributed by atoms with Gasteiger partial charge in [-0.2, -0.15) is 0 Å². The van der Waals surface area contributed by atoms with Crippen LogP contribution in [0.5, 0.6) is 5.75 Å². The van der Waals surface area contributed by atoms with Crippen molar-refractivity contribution in [3.8, 4) is 5.75 Å². The van der Waals surface area contributed by atoms with Crippen LogP contribution in [-0.4, -0.2) is 22.9 Å². The molecule has 1 aliphatic heterocycles. The van der Waals surface area contributed by atoms with Crippen LogP contribution in [0.25, 0.3) is 0 Å². The van der Waals surface area contributed by atoms with Gasteiger partial charge in [0, 0.05) is 18.0 Å². The first-order valence-corrected chi connectivity index (χ1v) is 7.95. The van der Waals surface area contributed by atoms with Crippen LogP contribution in [0.2, 0.25) is 0 Å². The second-order valence-corrected chi connectivity index (χ2v) is 5.73. The molecule has 0 aliphatic carbocycles. The largest absolute Gasteiger partial charge is 0.497 e. The molecule has 4 rings (SSSR count). The number of rotatable bonds is 5. The zero-order valence-corrected chi connectivity index (χ0v) is 13.7. The average molecular weight is 335 g/mol. The van der Waals surface area contributed by atoms with E-state index in [-0.39, 0.29) is 12.1 Å². The van der Waals surface area contributed by atoms with E-state index in [1.54, 1.807) is 36.6 Å². The number of hydrogen-bond acceptors (Lipinski definition) is 5. The highest BCUT2D eigenvalue weighted by Crippen LogP contribution is 2.34. The third-order valence-electron chi connectivity index (χ3n) is 4.18. The number of carbonyl (C=O) groups excluding carboxylic acids is 1. The van der Waals surface area contributed by atoms with Gasteiger partial charge in [-0.05, 0) is 36.4 Å². The van der Waals surface area contributed by atoms with Gasteiger partial charge in [-0.25, -0.2) is 0 Å². The van der Waals surface area contributed by atoms with Crippen molar-refractivity contribution in [1.82, 2.24) is 9.88 Å². The van der Waals surface area contributed by atoms with Gasteiger partial charge in [0.15, 0.2) is 0 Å². The van der Waals surface area contributed by atoms with Crippen molar-refractivity contribution in [2.45, 2.75) is 12.7 Å². The summed E-state index contributed by atoms with van der Waals surface area (Å²) in [6, 6.07) is 14.8. The molecule has 0 fully saturated rings. The summed E-state index contributed by atoms with van der Waals surface area (Å²) < 4.78 is 10.7. The van der Waals surface area contributed by atoms with Crippen LogP contribution in [0.1, 0.15) is 28.0 Å². The molecule has 1 amide bonds. The van der Waals surface area contributed by atoms with E-state index >= 15 is 0 Å². The summed E-state index contributed by atoms with van der Waals surface area (Å²) in [7, 11) is 1.62. The third kappa shape index (κ3) is 2.82. The quantitative estimate of drug-likeness (QED) is 0.773. The molecule has 1 aliphatic rings. The lowest BCUT2D eigenvalue weighted by Crippen LogP contribution is -2.31. The molecule has 0 saturated carbocycles. The molecule has 126 valence electrons. The molecule has 0 saturated heterocycles. The molecule has 0 unspecified atom stereocenters. The highest BCUT2D eigenvalue weighted by Gasteiger charge is 2.38. The number of hydrogen-bond donors (Lipinski definition) is 1. The molecule has 0 spiro atoms. The van der Waals surface area contributed by atoms with Gasteiger partial charge in [0.05, 0.1) is 31.2 Å². The topological polar surface area (TPSA) is 67.6 Å². The Hall–Kier alpha value is -3.28. The number of furan rings is 1. The Balaban J connectivity index is 1.68. The molecular weight excluding hydrogens is 318 g/mol. The molecule has 1 N–H and O–H groups in total. The lowest BCUT2D eigenvalue weighted by Gasteiger charge is -2.25. The summed E-state index contributed by atoms with van der Waals surface area (Å²) in [5, 5.41) is 3.39. The SMILES string of the molecule is COc1cccc(N[C@H]2c3ncccc3C(=O)N2Cc2ccco2)c1. The van der Waals surface area contributed by atoms with Crippen molar-refractivity contribution in [3.05, 3.63) is 78.0 Å². The van der Waals surface area contributed by atoms with Gasteiger partial charge in [0.2, 0.25) is 0 Å². The lowest BCUT2D eigenvalue weighted by atomic mass is 10.2. The predicted molar refractivity (Wildman–Crippen MR) is 92.2 cm³/mol. The Labute approximate surface area is 145 Å². The maximum atomic E-state index is 12.8. The smallest absolute Gasteiger partial charge is 0.258 e. The van der Waals surface area contributed by atoms with Crippen molar-refractivity contribution < 1.29 is 13.9 Å². The zero-order chi connectivity index (χ0) is 17.2. The molecule has 3 heterocycles. The van der Waals surface area contributed by atoms with Gasteiger partial charge in [0.1, 0.15) is 17.7 Å². The second kappa shape index (κ2) is 6.32. The van der Waals surface area contributed by atoms with Gasteiger partial charge in [0.25, 0.3) is 5.91 Å². The van der Waals surface area contributed by atoms with Crippen molar-refractivity contribution in [3.63, 3.8) is 0 Å². The van der Waals surface area contributed by atoms with Crippen LogP contribution < -0.4 is 10.1 Å². The van der Waals surface area contributed by atoms with Crippen LogP contribution in [0.3, 0.4) is 0 Å². The number of aromatic nitrogens is 1. The Bertz CT molecular complexity index is 892. The standard InChI is InChI=1S/C19H17N3O3/c1-24-14-6-2-5-13(11-14)21-18-17-16(8-3-9-20-17)19(23)22(18)12-15-7-4-10-25-15/h2-11,18,21H,12H2,1H3/t18-/m1/s1. The van der Waals surface area contributed by atoms with Crippen LogP contribution >= 0.6 is 0 Å². The lowest BCUT2D eigenvalue weighted by molar-refractivity contribution is 0.0714. The van der Waals surface area contributed by atoms with Crippen LogP contribution in [-0.2, 0) is 6.54 Å². The predicted octanol–water partition coefficient (Wildman–Crippen LogP) is 3.45. The number of pyridine rings is 1. The van der Waals surface area contributed by atoms with E-state index in [4.69, 9.17) is 9.15 Å². The van der Waals surface area contributed by atoms with Gasteiger partial charge < -0.3 is 19.4 Å². The van der Waals surface area contributed by atoms with Gasteiger partial charge in [-0.15, -0.1) is 0 Å². The molecule has 3 aromatic rings. The Kier molecular flexibility index (Phi) is 3.85. The van der Waals surface area contributed by atoms with Crippen molar-refractivity contribution in [2.24, 2.45) is 0 Å². The van der Waals surface area contributed by atoms with Gasteiger partial charge >= 0.3 is 0 Å². The second-order valence-electron chi connectivity index (χ2n) is 5.73. The molecule has 1 aromatic carbocycles. The molecular formula is C19H17N3O3. The number of ether oxygens (including phenoxy) is 1. The first kappa shape index (κ1) is 15.3. The highest BCUT2D eigenvalue weighted by atomic mass is 16.5. The Morgan fingerprint density at radius 1 is 1.24 bits per heavy atom. The van der Waals surface area contributed by atoms with E-state index in [0.29, 0.717) is 17.8 Å². The first-order chi connectivity index (χ1) is 12.3. The summed E-state index contributed by atoms with van der Waals surface area (Å²) in [6.45, 7) is 0.365. The van der Waals surface area contributed by atoms with Crippen molar-refractivity contribution >= 4 is 11.6 Å². The maximum Gasteiger partial charge on any atom is 0.258 e. The van der Waals surface area contributed by atoms with Gasteiger partial charge in [-0.3, -0.25) is 9.78 Å². The molecule has 2 aromatic heterocycles. The Morgan fingerprint density at radius 2 is 2.16 bits per heavy atom. The fraction of sp³-hybridized carbons (Fsp3) is 0.158. The summed E-state index contributed by atoms with van der Waals surface area (Å²) >= 11 is 0. The van der Waals surface area contributed by atoms with E-state index in [2.05, 4.69) is 10.3 Å². The number of fused-ring (bicyclic) bond motifs is 1. The first-order valence-electron chi connectivity index (χ1n) is 7.95. The minimum Gasteiger partial charge on any atom is -0.497 e. The average Bonchev–Trinajstić information content (AvgIpc) is 3.25. The molecule has 0 radical (unpaired) electrons. The number of carbonyl (C=O) groups is 1. The Morgan fingerprint density at radius 3 is 2.96 bits per heavy atom. The highest BCUT2D eigenvalue weighted by molar-refractivity contribution is 5.98. The number of benzene rings is 1. The van der Waals surface area contributed by atoms with Crippen LogP contribution in [0, 0.1) is 0 Å². The van der Waals surface area contributed by atoms with Crippen molar-refractivity contribution in [1.29, 1.82) is 0 Å². The fourth-order valence-electron chi connectivity index (χ4n) is 2.99. The summed E-state index contributed by atoms with van der Waals surface area (Å²) in [5.41, 5.74) is 2.16. The van der Waals surface area contributed by atoms with E-state index in [1.165, 1.54) is 0 Å². The van der Waals surface area contributed by atoms with Crippen LogP contribution in [0.4, 0.5) is 5.69 Å². The molecule has 6 heteroatoms. The van der Waals surface area contributed by atoms with Gasteiger partial charge in [-0.1, -0.05) is 6.07 Å². The van der Waals surface area contributed by atoms with Crippen molar-refractivity contribution in [2.75, 3.05) is 12.4 Å². The third-order valence-corrected chi connectivity index (χ3v) is 4.18. The number of nitrogens with zero attached hydrogens (tertiary/aromatic N) is 2. The summed E-state index contributed by atoms with van der Waals surface area (Å²) in [4.78, 5) is 19.0. The number of amides is 1. The van der Waals surface area contributed by atoms with Crippen LogP contribution in [0.15, 0.2) is 65.4 Å². The minimum atomic E-state index is -0.374. The molecule has 0 bridgehead atoms. The molecule has 6 nitrogen and oxygen atoms in total. The summed E-state index contributed by atoms with van der Waals surface area (Å²) in [5.74, 6) is 1.40. The van der Waals surface area contributed by atoms with E-state index < -0.39 is 0 Å². The zero-order valence-electron chi connectivity index (χ0n) is 13.7. The number of methoxy groups -OCH3 is 1. The maximum absolute atomic E-state index is 12.8. The number of nitrogens with one attached hydrogen (secondary N) is 1. The van der Waals surface area contributed by atoms with E-state index in [9.17, 15) is 4.79 Å². The van der Waals surface area contributed by atoms with E-state index in [1.807, 2.05) is 36.4 Å². The normalized spacial score (nSPS) is 16.0. The fourth-order valence-corrected chi connectivity index (χ4v) is 2.99. The molecule has 25 heavy (non-hydrogen) atoms.